The standard InChI is InChI=1S/C45H43N7O5/c1-45(57-32-13-14-32,31-7-5-4-6-8-31)41-34-26-30(35-27-50(2)42(54)40-33(35)17-21-46-40)12-15-36(34)47-43(49-41)51-22-18-28(19-23-51)9-10-29-11-16-38(56-3)37(25-29)52-24-20-39(53)48-44(52)55/h4-8,11-12,15-17,21,25-28,32,46H,13-14,18-20,22-24H2,1-3H3,(H,48,53,55). The molecule has 3 amide bonds. The van der Waals surface area contributed by atoms with Crippen molar-refractivity contribution in [3.8, 4) is 28.7 Å². The Labute approximate surface area is 329 Å². The van der Waals surface area contributed by atoms with Crippen molar-refractivity contribution in [3.05, 3.63) is 112 Å². The number of aryl methyl sites for hydroxylation is 1. The number of H-pyrrole nitrogens is 1. The van der Waals surface area contributed by atoms with Crippen molar-refractivity contribution in [2.24, 2.45) is 13.0 Å². The highest BCUT2D eigenvalue weighted by Crippen LogP contribution is 2.43. The summed E-state index contributed by atoms with van der Waals surface area (Å²) in [5.41, 5.74) is 5.54. The van der Waals surface area contributed by atoms with E-state index in [4.69, 9.17) is 19.4 Å². The van der Waals surface area contributed by atoms with Gasteiger partial charge >= 0.3 is 6.03 Å². The number of carbonyl (C=O) groups excluding carboxylic acids is 2. The van der Waals surface area contributed by atoms with E-state index >= 15 is 0 Å². The molecular weight excluding hydrogens is 719 g/mol. The van der Waals surface area contributed by atoms with Gasteiger partial charge < -0.3 is 23.9 Å². The average Bonchev–Trinajstić information content (AvgIpc) is 3.91. The number of fused-ring (bicyclic) bond motifs is 2. The summed E-state index contributed by atoms with van der Waals surface area (Å²) in [7, 11) is 3.33. The van der Waals surface area contributed by atoms with Gasteiger partial charge in [0, 0.05) is 73.3 Å². The van der Waals surface area contributed by atoms with Crippen molar-refractivity contribution >= 4 is 45.4 Å². The van der Waals surface area contributed by atoms with Crippen LogP contribution in [0.3, 0.4) is 0 Å². The molecule has 3 aromatic heterocycles. The van der Waals surface area contributed by atoms with Crippen molar-refractivity contribution in [1.82, 2.24) is 24.8 Å². The third-order valence-electron chi connectivity index (χ3n) is 11.3. The highest BCUT2D eigenvalue weighted by atomic mass is 16.5. The number of amides is 3. The topological polar surface area (TPSA) is 135 Å². The summed E-state index contributed by atoms with van der Waals surface area (Å²) >= 11 is 0. The molecule has 1 aliphatic carbocycles. The average molecular weight is 762 g/mol. The third-order valence-corrected chi connectivity index (χ3v) is 11.3. The van der Waals surface area contributed by atoms with Gasteiger partial charge in [-0.1, -0.05) is 48.2 Å². The number of imide groups is 1. The van der Waals surface area contributed by atoms with Crippen LogP contribution < -0.4 is 25.4 Å². The molecule has 1 unspecified atom stereocenters. The zero-order chi connectivity index (χ0) is 39.3. The van der Waals surface area contributed by atoms with Crippen molar-refractivity contribution in [1.29, 1.82) is 0 Å². The van der Waals surface area contributed by atoms with Crippen LogP contribution in [0.1, 0.15) is 55.8 Å². The van der Waals surface area contributed by atoms with E-state index in [1.807, 2.05) is 48.7 Å². The molecule has 3 aromatic carbocycles. The third kappa shape index (κ3) is 6.89. The lowest BCUT2D eigenvalue weighted by Crippen LogP contribution is -2.49. The molecule has 0 radical (unpaired) electrons. The number of nitrogens with zero attached hydrogens (tertiary/aromatic N) is 5. The van der Waals surface area contributed by atoms with E-state index in [1.165, 1.54) is 4.90 Å². The number of urea groups is 1. The molecule has 5 heterocycles. The smallest absolute Gasteiger partial charge is 0.328 e. The van der Waals surface area contributed by atoms with E-state index in [-0.39, 0.29) is 36.5 Å². The van der Waals surface area contributed by atoms with Crippen molar-refractivity contribution in [3.63, 3.8) is 0 Å². The lowest BCUT2D eigenvalue weighted by atomic mass is 9.88. The summed E-state index contributed by atoms with van der Waals surface area (Å²) in [6.07, 6.45) is 7.74. The first kappa shape index (κ1) is 36.2. The van der Waals surface area contributed by atoms with Crippen LogP contribution in [0.25, 0.3) is 32.9 Å². The molecule has 2 N–H and O–H groups in total. The summed E-state index contributed by atoms with van der Waals surface area (Å²) in [4.78, 5) is 54.7. The molecule has 2 saturated heterocycles. The van der Waals surface area contributed by atoms with Crippen LogP contribution in [0.4, 0.5) is 16.4 Å². The molecule has 9 rings (SSSR count). The highest BCUT2D eigenvalue weighted by molar-refractivity contribution is 6.06. The first-order valence-electron chi connectivity index (χ1n) is 19.5. The molecule has 1 atom stereocenters. The number of aromatic nitrogens is 4. The fraction of sp³-hybridized carbons (Fsp3) is 0.311. The minimum Gasteiger partial charge on any atom is -0.495 e. The minimum absolute atomic E-state index is 0.0738. The van der Waals surface area contributed by atoms with Gasteiger partial charge in [-0.2, -0.15) is 0 Å². The van der Waals surface area contributed by atoms with Gasteiger partial charge in [0.05, 0.1) is 30.1 Å². The van der Waals surface area contributed by atoms with E-state index in [9.17, 15) is 14.4 Å². The molecule has 6 aromatic rings. The second kappa shape index (κ2) is 14.6. The van der Waals surface area contributed by atoms with Gasteiger partial charge in [0.15, 0.2) is 0 Å². The largest absolute Gasteiger partial charge is 0.495 e. The van der Waals surface area contributed by atoms with Gasteiger partial charge in [-0.15, -0.1) is 0 Å². The van der Waals surface area contributed by atoms with E-state index in [2.05, 4.69) is 64.3 Å². The van der Waals surface area contributed by atoms with Crippen LogP contribution in [0.5, 0.6) is 5.75 Å². The number of hydrogen-bond acceptors (Lipinski definition) is 8. The Hall–Kier alpha value is -6.45. The molecule has 1 saturated carbocycles. The summed E-state index contributed by atoms with van der Waals surface area (Å²) in [6.45, 7) is 3.86. The fourth-order valence-electron chi connectivity index (χ4n) is 8.01. The maximum Gasteiger partial charge on any atom is 0.328 e. The number of anilines is 2. The summed E-state index contributed by atoms with van der Waals surface area (Å²) in [5.74, 6) is 7.88. The Kier molecular flexibility index (Phi) is 9.25. The Morgan fingerprint density at radius 3 is 2.46 bits per heavy atom. The number of ether oxygens (including phenoxy) is 2. The van der Waals surface area contributed by atoms with Crippen LogP contribution in [0.15, 0.2) is 90.0 Å². The molecule has 3 aliphatic rings. The van der Waals surface area contributed by atoms with E-state index in [0.717, 1.165) is 83.0 Å². The molecular formula is C45H43N7O5. The van der Waals surface area contributed by atoms with Gasteiger partial charge in [0.1, 0.15) is 16.9 Å². The second-order valence-electron chi connectivity index (χ2n) is 15.2. The summed E-state index contributed by atoms with van der Waals surface area (Å²) in [6, 6.07) is 23.6. The normalized spacial score (nSPS) is 17.3. The number of methoxy groups -OCH3 is 1. The van der Waals surface area contributed by atoms with Crippen LogP contribution in [0.2, 0.25) is 0 Å². The number of carbonyl (C=O) groups is 2. The number of piperidine rings is 1. The molecule has 3 fully saturated rings. The zero-order valence-corrected chi connectivity index (χ0v) is 32.2. The Balaban J connectivity index is 1.04. The SMILES string of the molecule is COc1ccc(C#CC2CCN(c3nc(C(C)(OC4CC4)c4ccccc4)c4cc(-c5cn(C)c(=O)c6[nH]ccc56)ccc4n3)CC2)cc1N1CCC(=O)NC1=O. The van der Waals surface area contributed by atoms with Crippen molar-refractivity contribution < 1.29 is 19.1 Å². The Morgan fingerprint density at radius 1 is 0.895 bits per heavy atom. The van der Waals surface area contributed by atoms with E-state index < -0.39 is 11.6 Å². The van der Waals surface area contributed by atoms with Gasteiger partial charge in [-0.05, 0) is 80.1 Å². The number of pyridine rings is 1. The fourth-order valence-corrected chi connectivity index (χ4v) is 8.01. The Bertz CT molecular complexity index is 2670. The van der Waals surface area contributed by atoms with Crippen molar-refractivity contribution in [2.75, 3.05) is 36.5 Å². The maximum atomic E-state index is 12.9. The van der Waals surface area contributed by atoms with Crippen LogP contribution in [-0.2, 0) is 22.2 Å². The minimum atomic E-state index is -0.852. The monoisotopic (exact) mass is 761 g/mol. The van der Waals surface area contributed by atoms with Gasteiger partial charge in [0.2, 0.25) is 11.9 Å². The molecule has 57 heavy (non-hydrogen) atoms. The van der Waals surface area contributed by atoms with Gasteiger partial charge in [-0.25, -0.2) is 14.8 Å². The lowest BCUT2D eigenvalue weighted by Gasteiger charge is -2.34. The highest BCUT2D eigenvalue weighted by Gasteiger charge is 2.40. The number of aromatic amines is 1. The van der Waals surface area contributed by atoms with Crippen LogP contribution >= 0.6 is 0 Å². The van der Waals surface area contributed by atoms with Gasteiger partial charge in [-0.3, -0.25) is 19.8 Å². The number of rotatable bonds is 8. The molecule has 288 valence electrons. The quantitative estimate of drug-likeness (QED) is 0.165. The molecule has 0 spiro atoms. The molecule has 12 nitrogen and oxygen atoms in total. The van der Waals surface area contributed by atoms with E-state index in [1.54, 1.807) is 24.9 Å². The summed E-state index contributed by atoms with van der Waals surface area (Å²) in [5, 5.41) is 4.14. The molecule has 12 heteroatoms. The first-order valence-corrected chi connectivity index (χ1v) is 19.5. The molecule has 2 aliphatic heterocycles. The second-order valence-corrected chi connectivity index (χ2v) is 15.2. The number of nitrogens with one attached hydrogen (secondary N) is 2. The number of benzene rings is 3. The predicted octanol–water partition coefficient (Wildman–Crippen LogP) is 6.64. The van der Waals surface area contributed by atoms with Gasteiger partial charge in [0.25, 0.3) is 5.56 Å². The lowest BCUT2D eigenvalue weighted by molar-refractivity contribution is -0.120. The van der Waals surface area contributed by atoms with E-state index in [0.29, 0.717) is 22.9 Å². The summed E-state index contributed by atoms with van der Waals surface area (Å²) < 4.78 is 14.1. The molecule has 0 bridgehead atoms. The van der Waals surface area contributed by atoms with Crippen LogP contribution in [-0.4, -0.2) is 64.3 Å². The zero-order valence-electron chi connectivity index (χ0n) is 32.2. The number of hydrogen-bond donors (Lipinski definition) is 2. The predicted molar refractivity (Wildman–Crippen MR) is 219 cm³/mol. The Morgan fingerprint density at radius 2 is 1.70 bits per heavy atom. The maximum absolute atomic E-state index is 12.9. The van der Waals surface area contributed by atoms with Crippen molar-refractivity contribution in [2.45, 2.75) is 50.7 Å². The first-order chi connectivity index (χ1) is 27.7. The van der Waals surface area contributed by atoms with Crippen LogP contribution in [0, 0.1) is 17.8 Å².